The van der Waals surface area contributed by atoms with E-state index in [9.17, 15) is 4.79 Å². The van der Waals surface area contributed by atoms with E-state index >= 15 is 0 Å². The minimum atomic E-state index is -0.472. The van der Waals surface area contributed by atoms with Gasteiger partial charge in [0.15, 0.2) is 6.29 Å². The van der Waals surface area contributed by atoms with E-state index in [2.05, 4.69) is 10.6 Å². The van der Waals surface area contributed by atoms with Gasteiger partial charge in [-0.2, -0.15) is 5.26 Å². The molecular formula is C15H19N3O3. The molecule has 0 radical (unpaired) electrons. The van der Waals surface area contributed by atoms with Crippen LogP contribution in [0.4, 0.5) is 5.69 Å². The minimum Gasteiger partial charge on any atom is -0.385 e. The number of ether oxygens (including phenoxy) is 2. The molecular weight excluding hydrogens is 270 g/mol. The molecule has 0 fully saturated rings. The van der Waals surface area contributed by atoms with Crippen LogP contribution in [-0.2, 0) is 14.3 Å². The molecule has 0 heterocycles. The van der Waals surface area contributed by atoms with Crippen LogP contribution >= 0.6 is 0 Å². The van der Waals surface area contributed by atoms with Gasteiger partial charge in [0.1, 0.15) is 11.6 Å². The Morgan fingerprint density at radius 1 is 1.33 bits per heavy atom. The van der Waals surface area contributed by atoms with Crippen LogP contribution in [-0.4, -0.2) is 33.0 Å². The largest absolute Gasteiger partial charge is 0.385 e. The Morgan fingerprint density at radius 2 is 1.95 bits per heavy atom. The number of amides is 1. The first-order chi connectivity index (χ1) is 10.1. The molecule has 6 nitrogen and oxygen atoms in total. The van der Waals surface area contributed by atoms with E-state index in [1.54, 1.807) is 12.1 Å². The fourth-order valence-electron chi connectivity index (χ4n) is 1.50. The molecule has 0 aliphatic heterocycles. The Bertz CT molecular complexity index is 528. The summed E-state index contributed by atoms with van der Waals surface area (Å²) in [5.41, 5.74) is 1.70. The quantitative estimate of drug-likeness (QED) is 0.452. The van der Waals surface area contributed by atoms with Gasteiger partial charge in [0, 0.05) is 26.1 Å². The summed E-state index contributed by atoms with van der Waals surface area (Å²) in [4.78, 5) is 11.9. The number of hydrogen-bond donors (Lipinski definition) is 2. The van der Waals surface area contributed by atoms with E-state index in [1.165, 1.54) is 20.4 Å². The van der Waals surface area contributed by atoms with Crippen molar-refractivity contribution in [1.29, 1.82) is 5.26 Å². The van der Waals surface area contributed by atoms with Crippen LogP contribution in [0.25, 0.3) is 0 Å². The number of anilines is 1. The lowest BCUT2D eigenvalue weighted by atomic mass is 10.2. The number of carbonyl (C=O) groups is 1. The molecule has 6 heteroatoms. The molecule has 0 saturated heterocycles. The Kier molecular flexibility index (Phi) is 6.95. The molecule has 0 aliphatic carbocycles. The van der Waals surface area contributed by atoms with E-state index in [4.69, 9.17) is 14.7 Å². The summed E-state index contributed by atoms with van der Waals surface area (Å²) in [5.74, 6) is -0.472. The van der Waals surface area contributed by atoms with Crippen LogP contribution in [0.15, 0.2) is 36.0 Å². The number of nitrogens with one attached hydrogen (secondary N) is 2. The van der Waals surface area contributed by atoms with Crippen molar-refractivity contribution in [2.75, 3.05) is 26.1 Å². The van der Waals surface area contributed by atoms with Crippen LogP contribution < -0.4 is 10.6 Å². The molecule has 2 N–H and O–H groups in total. The van der Waals surface area contributed by atoms with Crippen molar-refractivity contribution in [2.45, 2.75) is 13.2 Å². The molecule has 0 atom stereocenters. The molecule has 1 aromatic rings. The van der Waals surface area contributed by atoms with Crippen molar-refractivity contribution in [3.05, 3.63) is 41.6 Å². The van der Waals surface area contributed by atoms with Crippen LogP contribution in [0.1, 0.15) is 5.56 Å². The average molecular weight is 289 g/mol. The van der Waals surface area contributed by atoms with E-state index in [0.29, 0.717) is 12.2 Å². The number of rotatable bonds is 7. The number of nitriles is 1. The van der Waals surface area contributed by atoms with Gasteiger partial charge < -0.3 is 20.1 Å². The Hall–Kier alpha value is -2.36. The molecule has 112 valence electrons. The standard InChI is InChI=1S/C15H19N3O3/c1-11-4-6-13(7-5-11)18-15(19)12(8-16)9-17-10-14(20-2)21-3/h4-7,9,14,17H,10H2,1-3H3,(H,18,19)/b12-9-. The predicted octanol–water partition coefficient (Wildman–Crippen LogP) is 1.55. The third-order valence-corrected chi connectivity index (χ3v) is 2.73. The van der Waals surface area contributed by atoms with Crippen molar-refractivity contribution >= 4 is 11.6 Å². The summed E-state index contributed by atoms with van der Waals surface area (Å²) < 4.78 is 9.97. The highest BCUT2D eigenvalue weighted by Crippen LogP contribution is 2.09. The first-order valence-corrected chi connectivity index (χ1v) is 6.38. The molecule has 0 spiro atoms. The zero-order valence-corrected chi connectivity index (χ0v) is 12.3. The van der Waals surface area contributed by atoms with Crippen LogP contribution in [0.2, 0.25) is 0 Å². The van der Waals surface area contributed by atoms with E-state index in [1.807, 2.05) is 25.1 Å². The summed E-state index contributed by atoms with van der Waals surface area (Å²) in [5, 5.41) is 14.5. The molecule has 0 bridgehead atoms. The van der Waals surface area contributed by atoms with Crippen molar-refractivity contribution in [1.82, 2.24) is 5.32 Å². The highest BCUT2D eigenvalue weighted by molar-refractivity contribution is 6.06. The zero-order chi connectivity index (χ0) is 15.7. The average Bonchev–Trinajstić information content (AvgIpc) is 2.50. The highest BCUT2D eigenvalue weighted by Gasteiger charge is 2.10. The molecule has 1 rings (SSSR count). The second kappa shape index (κ2) is 8.74. The van der Waals surface area contributed by atoms with Gasteiger partial charge in [0.05, 0.1) is 6.54 Å². The molecule has 1 amide bonds. The topological polar surface area (TPSA) is 83.4 Å². The van der Waals surface area contributed by atoms with Crippen molar-refractivity contribution in [3.8, 4) is 6.07 Å². The van der Waals surface area contributed by atoms with Gasteiger partial charge in [0.25, 0.3) is 5.91 Å². The van der Waals surface area contributed by atoms with E-state index < -0.39 is 12.2 Å². The molecule has 0 aromatic heterocycles. The fraction of sp³-hybridized carbons (Fsp3) is 0.333. The van der Waals surface area contributed by atoms with E-state index in [0.717, 1.165) is 5.56 Å². The van der Waals surface area contributed by atoms with Gasteiger partial charge in [-0.25, -0.2) is 0 Å². The number of nitrogens with zero attached hydrogens (tertiary/aromatic N) is 1. The van der Waals surface area contributed by atoms with Gasteiger partial charge in [-0.3, -0.25) is 4.79 Å². The monoisotopic (exact) mass is 289 g/mol. The number of hydrogen-bond acceptors (Lipinski definition) is 5. The summed E-state index contributed by atoms with van der Waals surface area (Å²) in [6.45, 7) is 2.29. The lowest BCUT2D eigenvalue weighted by Gasteiger charge is -2.12. The second-order valence-electron chi connectivity index (χ2n) is 4.30. The normalized spacial score (nSPS) is 11.1. The Balaban J connectivity index is 2.60. The molecule has 0 aliphatic rings. The van der Waals surface area contributed by atoms with Gasteiger partial charge in [-0.15, -0.1) is 0 Å². The lowest BCUT2D eigenvalue weighted by Crippen LogP contribution is -2.27. The second-order valence-corrected chi connectivity index (χ2v) is 4.30. The third-order valence-electron chi connectivity index (χ3n) is 2.73. The SMILES string of the molecule is COC(CN/C=C(/C#N)C(=O)Nc1ccc(C)cc1)OC. The van der Waals surface area contributed by atoms with Gasteiger partial charge in [0.2, 0.25) is 0 Å². The summed E-state index contributed by atoms with van der Waals surface area (Å²) in [7, 11) is 3.02. The van der Waals surface area contributed by atoms with Gasteiger partial charge in [-0.05, 0) is 19.1 Å². The molecule has 0 unspecified atom stereocenters. The number of benzene rings is 1. The summed E-state index contributed by atoms with van der Waals surface area (Å²) >= 11 is 0. The number of methoxy groups -OCH3 is 2. The first kappa shape index (κ1) is 16.7. The minimum absolute atomic E-state index is 0.0264. The molecule has 21 heavy (non-hydrogen) atoms. The molecule has 1 aromatic carbocycles. The number of carbonyl (C=O) groups excluding carboxylic acids is 1. The summed E-state index contributed by atoms with van der Waals surface area (Å²) in [6.07, 6.45) is 0.899. The first-order valence-electron chi connectivity index (χ1n) is 6.38. The van der Waals surface area contributed by atoms with Crippen molar-refractivity contribution in [3.63, 3.8) is 0 Å². The zero-order valence-electron chi connectivity index (χ0n) is 12.3. The number of aryl methyl sites for hydroxylation is 1. The van der Waals surface area contributed by atoms with Gasteiger partial charge >= 0.3 is 0 Å². The fourth-order valence-corrected chi connectivity index (χ4v) is 1.50. The summed E-state index contributed by atoms with van der Waals surface area (Å²) in [6, 6.07) is 9.17. The van der Waals surface area contributed by atoms with Crippen molar-refractivity contribution < 1.29 is 14.3 Å². The predicted molar refractivity (Wildman–Crippen MR) is 79.3 cm³/mol. The maximum absolute atomic E-state index is 11.9. The van der Waals surface area contributed by atoms with Crippen molar-refractivity contribution in [2.24, 2.45) is 0 Å². The highest BCUT2D eigenvalue weighted by atomic mass is 16.7. The lowest BCUT2D eigenvalue weighted by molar-refractivity contribution is -0.112. The van der Waals surface area contributed by atoms with Crippen LogP contribution in [0.3, 0.4) is 0 Å². The Labute approximate surface area is 124 Å². The third kappa shape index (κ3) is 5.65. The maximum Gasteiger partial charge on any atom is 0.267 e. The Morgan fingerprint density at radius 3 is 2.48 bits per heavy atom. The van der Waals surface area contributed by atoms with Crippen LogP contribution in [0, 0.1) is 18.3 Å². The maximum atomic E-state index is 11.9. The smallest absolute Gasteiger partial charge is 0.267 e. The molecule has 0 saturated carbocycles. The van der Waals surface area contributed by atoms with Crippen LogP contribution in [0.5, 0.6) is 0 Å². The van der Waals surface area contributed by atoms with E-state index in [-0.39, 0.29) is 5.57 Å². The van der Waals surface area contributed by atoms with Gasteiger partial charge in [-0.1, -0.05) is 17.7 Å².